The van der Waals surface area contributed by atoms with Crippen molar-refractivity contribution in [1.29, 1.82) is 0 Å². The molecule has 7 nitrogen and oxygen atoms in total. The molecule has 3 aromatic heterocycles. The van der Waals surface area contributed by atoms with Crippen molar-refractivity contribution in [3.05, 3.63) is 34.0 Å². The lowest BCUT2D eigenvalue weighted by atomic mass is 10.4. The van der Waals surface area contributed by atoms with Gasteiger partial charge < -0.3 is 0 Å². The maximum atomic E-state index is 12.5. The van der Waals surface area contributed by atoms with E-state index in [1.165, 1.54) is 0 Å². The summed E-state index contributed by atoms with van der Waals surface area (Å²) >= 11 is 1.74. The molecule has 0 aliphatic carbocycles. The van der Waals surface area contributed by atoms with Crippen molar-refractivity contribution in [2.24, 2.45) is 0 Å². The third-order valence-electron chi connectivity index (χ3n) is 2.61. The fourth-order valence-corrected chi connectivity index (χ4v) is 3.14. The van der Waals surface area contributed by atoms with Crippen molar-refractivity contribution in [2.75, 3.05) is 5.32 Å². The molecule has 1 N–H and O–H groups in total. The van der Waals surface area contributed by atoms with E-state index < -0.39 is 17.3 Å². The van der Waals surface area contributed by atoms with Crippen molar-refractivity contribution in [2.45, 2.75) is 13.3 Å². The van der Waals surface area contributed by atoms with Crippen LogP contribution in [0.5, 0.6) is 0 Å². The summed E-state index contributed by atoms with van der Waals surface area (Å²) in [5.74, 6) is -0.0744. The Morgan fingerprint density at radius 3 is 2.61 bits per heavy atom. The Kier molecular flexibility index (Phi) is 4.30. The molecule has 0 saturated heterocycles. The van der Waals surface area contributed by atoms with Crippen LogP contribution in [0.15, 0.2) is 18.5 Å². The number of halogens is 2. The molecule has 0 fully saturated rings. The molecule has 118 valence electrons. The van der Waals surface area contributed by atoms with Crippen LogP contribution in [0, 0.1) is 6.92 Å². The number of nitrogens with zero attached hydrogens (tertiary/aromatic N) is 5. The largest absolute Gasteiger partial charge is 0.296 e. The third kappa shape index (κ3) is 3.35. The van der Waals surface area contributed by atoms with E-state index in [0.717, 1.165) is 11.3 Å². The minimum absolute atomic E-state index is 0.00983. The van der Waals surface area contributed by atoms with Gasteiger partial charge >= 0.3 is 0 Å². The molecule has 0 unspecified atom stereocenters. The van der Waals surface area contributed by atoms with Crippen LogP contribution in [0.2, 0.25) is 0 Å². The zero-order valence-corrected chi connectivity index (χ0v) is 13.2. The normalized spacial score (nSPS) is 11.0. The highest BCUT2D eigenvalue weighted by atomic mass is 32.1. The average molecular weight is 354 g/mol. The summed E-state index contributed by atoms with van der Waals surface area (Å²) in [4.78, 5) is 25.0. The second kappa shape index (κ2) is 6.38. The first-order chi connectivity index (χ1) is 11.0. The van der Waals surface area contributed by atoms with Crippen LogP contribution in [0.3, 0.4) is 0 Å². The van der Waals surface area contributed by atoms with E-state index in [2.05, 4.69) is 30.5 Å². The third-order valence-corrected chi connectivity index (χ3v) is 4.61. The van der Waals surface area contributed by atoms with Crippen molar-refractivity contribution in [1.82, 2.24) is 25.1 Å². The number of amides is 1. The van der Waals surface area contributed by atoms with Gasteiger partial charge in [0.25, 0.3) is 12.3 Å². The van der Waals surface area contributed by atoms with E-state index in [0.29, 0.717) is 32.7 Å². The molecule has 0 atom stereocenters. The van der Waals surface area contributed by atoms with Crippen LogP contribution in [0.1, 0.15) is 26.8 Å². The predicted octanol–water partition coefficient (Wildman–Crippen LogP) is 2.95. The molecular formula is C12H8F2N6OS2. The lowest BCUT2D eigenvalue weighted by molar-refractivity contribution is 0.102. The van der Waals surface area contributed by atoms with Gasteiger partial charge in [-0.25, -0.2) is 23.7 Å². The van der Waals surface area contributed by atoms with Gasteiger partial charge in [0, 0.05) is 12.4 Å². The molecule has 0 saturated carbocycles. The molecule has 0 aliphatic heterocycles. The van der Waals surface area contributed by atoms with Crippen LogP contribution in [0.4, 0.5) is 13.9 Å². The number of rotatable bonds is 4. The summed E-state index contributed by atoms with van der Waals surface area (Å²) in [5, 5.41) is 9.33. The number of carbonyl (C=O) groups excluding carboxylic acids is 1. The molecule has 0 aromatic carbocycles. The number of hydrogen-bond acceptors (Lipinski definition) is 8. The van der Waals surface area contributed by atoms with Gasteiger partial charge in [0.05, 0.1) is 5.69 Å². The van der Waals surface area contributed by atoms with E-state index in [9.17, 15) is 13.6 Å². The Labute approximate surface area is 136 Å². The van der Waals surface area contributed by atoms with Gasteiger partial charge in [-0.1, -0.05) is 11.3 Å². The van der Waals surface area contributed by atoms with Crippen molar-refractivity contribution >= 4 is 33.7 Å². The molecule has 3 heterocycles. The van der Waals surface area contributed by atoms with E-state index in [-0.39, 0.29) is 5.13 Å². The summed E-state index contributed by atoms with van der Waals surface area (Å²) in [6, 6.07) is 1.67. The Morgan fingerprint density at radius 2 is 1.96 bits per heavy atom. The first-order valence-corrected chi connectivity index (χ1v) is 7.85. The number of aryl methyl sites for hydroxylation is 1. The number of thiazole rings is 1. The topological polar surface area (TPSA) is 93.5 Å². The Hall–Kier alpha value is -2.40. The highest BCUT2D eigenvalue weighted by Crippen LogP contribution is 2.28. The van der Waals surface area contributed by atoms with Crippen LogP contribution >= 0.6 is 22.7 Å². The fourth-order valence-electron chi connectivity index (χ4n) is 1.64. The maximum Gasteiger partial charge on any atom is 0.291 e. The molecular weight excluding hydrogens is 346 g/mol. The van der Waals surface area contributed by atoms with Gasteiger partial charge in [0.2, 0.25) is 5.13 Å². The minimum atomic E-state index is -2.72. The number of anilines is 1. The molecule has 23 heavy (non-hydrogen) atoms. The molecule has 3 aromatic rings. The van der Waals surface area contributed by atoms with Crippen molar-refractivity contribution in [3.63, 3.8) is 0 Å². The first-order valence-electron chi connectivity index (χ1n) is 6.22. The van der Waals surface area contributed by atoms with Crippen LogP contribution in [0.25, 0.3) is 10.8 Å². The minimum Gasteiger partial charge on any atom is -0.296 e. The Bertz CT molecular complexity index is 835. The quantitative estimate of drug-likeness (QED) is 0.774. The zero-order valence-electron chi connectivity index (χ0n) is 11.5. The molecule has 0 aliphatic rings. The predicted molar refractivity (Wildman–Crippen MR) is 80.7 cm³/mol. The smallest absolute Gasteiger partial charge is 0.291 e. The van der Waals surface area contributed by atoms with E-state index >= 15 is 0 Å². The molecule has 3 rings (SSSR count). The van der Waals surface area contributed by atoms with Gasteiger partial charge in [-0.15, -0.1) is 21.5 Å². The van der Waals surface area contributed by atoms with Gasteiger partial charge in [-0.2, -0.15) is 0 Å². The van der Waals surface area contributed by atoms with Crippen molar-refractivity contribution in [3.8, 4) is 10.8 Å². The van der Waals surface area contributed by atoms with Crippen LogP contribution in [-0.2, 0) is 0 Å². The molecule has 11 heteroatoms. The Morgan fingerprint density at radius 1 is 1.22 bits per heavy atom. The zero-order chi connectivity index (χ0) is 16.4. The van der Waals surface area contributed by atoms with Crippen molar-refractivity contribution < 1.29 is 13.6 Å². The lowest BCUT2D eigenvalue weighted by Gasteiger charge is -1.97. The highest BCUT2D eigenvalue weighted by Gasteiger charge is 2.20. The molecule has 1 amide bonds. The second-order valence-electron chi connectivity index (χ2n) is 4.21. The number of carbonyl (C=O) groups is 1. The summed E-state index contributed by atoms with van der Waals surface area (Å²) in [6.07, 6.45) is 0.433. The maximum absolute atomic E-state index is 12.5. The van der Waals surface area contributed by atoms with Gasteiger partial charge in [-0.05, 0) is 13.0 Å². The van der Waals surface area contributed by atoms with Gasteiger partial charge in [0.15, 0.2) is 15.8 Å². The number of aromatic nitrogens is 5. The van der Waals surface area contributed by atoms with Gasteiger partial charge in [0.1, 0.15) is 4.88 Å². The summed E-state index contributed by atoms with van der Waals surface area (Å²) < 4.78 is 24.9. The van der Waals surface area contributed by atoms with E-state index in [4.69, 9.17) is 0 Å². The monoisotopic (exact) mass is 354 g/mol. The van der Waals surface area contributed by atoms with E-state index in [1.54, 1.807) is 25.4 Å². The summed E-state index contributed by atoms with van der Waals surface area (Å²) in [5.41, 5.74) is 0.494. The first kappa shape index (κ1) is 15.5. The molecule has 0 bridgehead atoms. The average Bonchev–Trinajstić information content (AvgIpc) is 3.15. The molecule has 0 radical (unpaired) electrons. The highest BCUT2D eigenvalue weighted by molar-refractivity contribution is 7.17. The summed E-state index contributed by atoms with van der Waals surface area (Å²) in [7, 11) is 0. The standard InChI is InChI=1S/C12H8F2N6OS2/c1-5-6(22-11(17-5)8-15-3-2-4-16-8)9(21)18-12-20-19-10(23-12)7(13)14/h2-4,7H,1H3,(H,18,20,21). The Balaban J connectivity index is 1.81. The van der Waals surface area contributed by atoms with Gasteiger partial charge in [-0.3, -0.25) is 10.1 Å². The van der Waals surface area contributed by atoms with Crippen LogP contribution in [-0.4, -0.2) is 31.1 Å². The SMILES string of the molecule is Cc1nc(-c2ncccn2)sc1C(=O)Nc1nnc(C(F)F)s1. The fraction of sp³-hybridized carbons (Fsp3) is 0.167. The number of alkyl halides is 2. The molecule has 0 spiro atoms. The van der Waals surface area contributed by atoms with Crippen LogP contribution < -0.4 is 5.32 Å². The number of nitrogens with one attached hydrogen (secondary N) is 1. The van der Waals surface area contributed by atoms with E-state index in [1.807, 2.05) is 0 Å². The second-order valence-corrected chi connectivity index (χ2v) is 6.21. The summed E-state index contributed by atoms with van der Waals surface area (Å²) in [6.45, 7) is 1.67. The lowest BCUT2D eigenvalue weighted by Crippen LogP contribution is -2.11. The number of hydrogen-bond donors (Lipinski definition) is 1.